The van der Waals surface area contributed by atoms with Crippen molar-refractivity contribution < 1.29 is 22.7 Å². The summed E-state index contributed by atoms with van der Waals surface area (Å²) < 4.78 is 48.4. The molecular weight excluding hydrogens is 433 g/mol. The van der Waals surface area contributed by atoms with Crippen LogP contribution in [0.3, 0.4) is 0 Å². The van der Waals surface area contributed by atoms with Crippen molar-refractivity contribution in [3.05, 3.63) is 64.6 Å². The summed E-state index contributed by atoms with van der Waals surface area (Å²) >= 11 is 0. The number of benzene rings is 2. The minimum atomic E-state index is -1.50. The number of aromatic nitrogens is 2. The number of likely N-dealkylation sites (N-methyl/N-ethyl adjacent to an activating group) is 1. The van der Waals surface area contributed by atoms with Gasteiger partial charge in [0.05, 0.1) is 29.7 Å². The van der Waals surface area contributed by atoms with E-state index in [2.05, 4.69) is 10.00 Å². The van der Waals surface area contributed by atoms with Crippen LogP contribution in [0.4, 0.5) is 18.9 Å². The highest BCUT2D eigenvalue weighted by Crippen LogP contribution is 2.38. The van der Waals surface area contributed by atoms with Crippen LogP contribution in [-0.2, 0) is 13.5 Å². The Labute approximate surface area is 189 Å². The van der Waals surface area contributed by atoms with Crippen LogP contribution in [-0.4, -0.2) is 47.3 Å². The van der Waals surface area contributed by atoms with E-state index in [1.807, 2.05) is 26.1 Å². The third-order valence-corrected chi connectivity index (χ3v) is 6.46. The molecule has 0 spiro atoms. The van der Waals surface area contributed by atoms with E-state index in [0.717, 1.165) is 35.7 Å². The van der Waals surface area contributed by atoms with Gasteiger partial charge in [0.2, 0.25) is 0 Å². The Bertz CT molecular complexity index is 1250. The highest BCUT2D eigenvalue weighted by Gasteiger charge is 2.34. The molecule has 0 bridgehead atoms. The van der Waals surface area contributed by atoms with Gasteiger partial charge in [0, 0.05) is 37.3 Å². The second-order valence-electron chi connectivity index (χ2n) is 8.47. The number of carbonyl (C=O) groups excluding carboxylic acids is 1. The molecule has 1 atom stereocenters. The molecule has 5 rings (SSSR count). The summed E-state index contributed by atoms with van der Waals surface area (Å²) in [5.41, 5.74) is 3.63. The zero-order valence-corrected chi connectivity index (χ0v) is 18.5. The highest BCUT2D eigenvalue weighted by molar-refractivity contribution is 5.96. The molecule has 9 heteroatoms. The molecule has 3 aromatic rings. The van der Waals surface area contributed by atoms with Crippen molar-refractivity contribution in [2.24, 2.45) is 7.05 Å². The first kappa shape index (κ1) is 21.4. The van der Waals surface area contributed by atoms with Crippen molar-refractivity contribution in [1.29, 1.82) is 0 Å². The summed E-state index contributed by atoms with van der Waals surface area (Å²) in [6.07, 6.45) is 0.461. The van der Waals surface area contributed by atoms with Gasteiger partial charge in [-0.15, -0.1) is 0 Å². The van der Waals surface area contributed by atoms with Crippen LogP contribution >= 0.6 is 0 Å². The Morgan fingerprint density at radius 1 is 1.09 bits per heavy atom. The van der Waals surface area contributed by atoms with Crippen molar-refractivity contribution in [2.45, 2.75) is 19.4 Å². The van der Waals surface area contributed by atoms with E-state index in [9.17, 15) is 18.0 Å². The fourth-order valence-corrected chi connectivity index (χ4v) is 4.72. The lowest BCUT2D eigenvalue weighted by Crippen LogP contribution is -2.39. The van der Waals surface area contributed by atoms with Crippen LogP contribution in [0.1, 0.15) is 34.6 Å². The number of aryl methyl sites for hydroxylation is 1. The molecule has 0 saturated carbocycles. The van der Waals surface area contributed by atoms with E-state index < -0.39 is 17.5 Å². The molecule has 6 nitrogen and oxygen atoms in total. The van der Waals surface area contributed by atoms with Gasteiger partial charge in [0.25, 0.3) is 5.91 Å². The van der Waals surface area contributed by atoms with E-state index in [1.54, 1.807) is 18.0 Å². The molecule has 0 fully saturated rings. The number of anilines is 1. The van der Waals surface area contributed by atoms with Crippen LogP contribution in [0.25, 0.3) is 11.3 Å². The van der Waals surface area contributed by atoms with E-state index >= 15 is 0 Å². The number of halogens is 3. The molecule has 172 valence electrons. The molecule has 2 aromatic carbocycles. The summed E-state index contributed by atoms with van der Waals surface area (Å²) in [5, 5.41) is 4.55. The minimum absolute atomic E-state index is 0.124. The van der Waals surface area contributed by atoms with E-state index in [0.29, 0.717) is 36.5 Å². The average Bonchev–Trinajstić information content (AvgIpc) is 3.14. The quantitative estimate of drug-likeness (QED) is 0.545. The first-order valence-corrected chi connectivity index (χ1v) is 10.8. The van der Waals surface area contributed by atoms with Crippen LogP contribution < -0.4 is 9.64 Å². The van der Waals surface area contributed by atoms with Gasteiger partial charge in [-0.2, -0.15) is 5.10 Å². The lowest BCUT2D eigenvalue weighted by atomic mass is 9.95. The number of nitrogens with zero attached hydrogens (tertiary/aromatic N) is 4. The van der Waals surface area contributed by atoms with Crippen molar-refractivity contribution in [2.75, 3.05) is 31.6 Å². The summed E-state index contributed by atoms with van der Waals surface area (Å²) in [7, 11) is 3.63. The second-order valence-corrected chi connectivity index (χ2v) is 8.47. The van der Waals surface area contributed by atoms with E-state index in [1.165, 1.54) is 4.68 Å². The lowest BCUT2D eigenvalue weighted by Gasteiger charge is -2.34. The van der Waals surface area contributed by atoms with Crippen LogP contribution in [0.5, 0.6) is 5.75 Å². The Balaban J connectivity index is 1.48. The number of carbonyl (C=O) groups is 1. The summed E-state index contributed by atoms with van der Waals surface area (Å²) in [6, 6.07) is 7.02. The predicted molar refractivity (Wildman–Crippen MR) is 117 cm³/mol. The number of ether oxygens (including phenoxy) is 1. The maximum absolute atomic E-state index is 13.9. The van der Waals surface area contributed by atoms with Crippen molar-refractivity contribution in [1.82, 2.24) is 14.7 Å². The fraction of sp³-hybridized carbons (Fsp3) is 0.333. The summed E-state index contributed by atoms with van der Waals surface area (Å²) in [6.45, 7) is 3.65. The van der Waals surface area contributed by atoms with Crippen molar-refractivity contribution in [3.8, 4) is 17.0 Å². The van der Waals surface area contributed by atoms with E-state index in [-0.39, 0.29) is 17.5 Å². The highest BCUT2D eigenvalue weighted by atomic mass is 19.2. The Kier molecular flexibility index (Phi) is 5.07. The zero-order valence-electron chi connectivity index (χ0n) is 18.5. The molecule has 0 saturated heterocycles. The number of amides is 1. The molecule has 2 aliphatic heterocycles. The molecule has 1 aromatic heterocycles. The normalized spacial score (nSPS) is 17.5. The van der Waals surface area contributed by atoms with Crippen LogP contribution in [0, 0.1) is 17.5 Å². The largest absolute Gasteiger partial charge is 0.490 e. The van der Waals surface area contributed by atoms with Gasteiger partial charge in [-0.1, -0.05) is 0 Å². The molecular formula is C24H23F3N4O2. The van der Waals surface area contributed by atoms with Crippen LogP contribution in [0.2, 0.25) is 0 Å². The molecule has 3 heterocycles. The fourth-order valence-electron chi connectivity index (χ4n) is 4.72. The van der Waals surface area contributed by atoms with Gasteiger partial charge in [0.15, 0.2) is 17.5 Å². The first-order valence-electron chi connectivity index (χ1n) is 10.8. The molecule has 0 N–H and O–H groups in total. The molecule has 1 unspecified atom stereocenters. The standard InChI is InChI=1S/C24H23F3N4O2/c1-13-22-16(23(30(3)28-22)15-10-17(25)21(27)18(26)11-15)6-7-31(13)24(32)14-4-5-20-19(12-14)29(2)8-9-33-20/h4-5,10-13H,6-9H2,1-3H3. The van der Waals surface area contributed by atoms with Crippen molar-refractivity contribution >= 4 is 11.6 Å². The zero-order chi connectivity index (χ0) is 23.4. The topological polar surface area (TPSA) is 50.6 Å². The number of fused-ring (bicyclic) bond motifs is 2. The van der Waals surface area contributed by atoms with E-state index in [4.69, 9.17) is 4.74 Å². The van der Waals surface area contributed by atoms with Gasteiger partial charge in [-0.05, 0) is 43.7 Å². The number of hydrogen-bond acceptors (Lipinski definition) is 4. The smallest absolute Gasteiger partial charge is 0.254 e. The third kappa shape index (κ3) is 3.42. The monoisotopic (exact) mass is 456 g/mol. The average molecular weight is 456 g/mol. The summed E-state index contributed by atoms with van der Waals surface area (Å²) in [5.74, 6) is -3.37. The van der Waals surface area contributed by atoms with Gasteiger partial charge in [0.1, 0.15) is 12.4 Å². The molecule has 33 heavy (non-hydrogen) atoms. The Morgan fingerprint density at radius 3 is 2.55 bits per heavy atom. The number of hydrogen-bond donors (Lipinski definition) is 0. The number of rotatable bonds is 2. The van der Waals surface area contributed by atoms with Gasteiger partial charge in [-0.3, -0.25) is 9.48 Å². The molecule has 0 radical (unpaired) electrons. The Morgan fingerprint density at radius 2 is 1.82 bits per heavy atom. The predicted octanol–water partition coefficient (Wildman–Crippen LogP) is 4.09. The minimum Gasteiger partial charge on any atom is -0.490 e. The SMILES string of the molecule is CC1c2nn(C)c(-c3cc(F)c(F)c(F)c3)c2CCN1C(=O)c1ccc2c(c1)N(C)CCO2. The molecule has 2 aliphatic rings. The lowest BCUT2D eigenvalue weighted by molar-refractivity contribution is 0.0673. The summed E-state index contributed by atoms with van der Waals surface area (Å²) in [4.78, 5) is 17.2. The third-order valence-electron chi connectivity index (χ3n) is 6.46. The Hall–Kier alpha value is -3.49. The van der Waals surface area contributed by atoms with Crippen molar-refractivity contribution in [3.63, 3.8) is 0 Å². The maximum atomic E-state index is 13.9. The first-order chi connectivity index (χ1) is 15.8. The molecule has 1 amide bonds. The van der Waals surface area contributed by atoms with Crippen LogP contribution in [0.15, 0.2) is 30.3 Å². The van der Waals surface area contributed by atoms with Gasteiger partial charge < -0.3 is 14.5 Å². The second kappa shape index (κ2) is 7.83. The van der Waals surface area contributed by atoms with Gasteiger partial charge in [-0.25, -0.2) is 13.2 Å². The maximum Gasteiger partial charge on any atom is 0.254 e. The molecule has 0 aliphatic carbocycles. The van der Waals surface area contributed by atoms with Gasteiger partial charge >= 0.3 is 0 Å².